The molecule has 0 saturated carbocycles. The van der Waals surface area contributed by atoms with Crippen molar-refractivity contribution < 1.29 is 4.79 Å². The van der Waals surface area contributed by atoms with Crippen LogP contribution in [0.15, 0.2) is 36.5 Å². The molecule has 19 heavy (non-hydrogen) atoms. The van der Waals surface area contributed by atoms with E-state index < -0.39 is 0 Å². The number of nitrogens with one attached hydrogen (secondary N) is 1. The number of nitrogens with zero attached hydrogens (tertiary/aromatic N) is 3. The normalized spacial score (nSPS) is 14.5. The Hall–Kier alpha value is -2.30. The van der Waals surface area contributed by atoms with Gasteiger partial charge in [0.05, 0.1) is 11.4 Å². The average molecular weight is 256 g/mol. The molecule has 0 radical (unpaired) electrons. The van der Waals surface area contributed by atoms with Crippen molar-refractivity contribution in [2.75, 3.05) is 23.3 Å². The van der Waals surface area contributed by atoms with Gasteiger partial charge in [-0.3, -0.25) is 9.48 Å². The molecule has 1 aromatic heterocycles. The van der Waals surface area contributed by atoms with Gasteiger partial charge in [0.2, 0.25) is 0 Å². The number of rotatable bonds is 1. The van der Waals surface area contributed by atoms with Gasteiger partial charge in [0.25, 0.3) is 5.91 Å². The van der Waals surface area contributed by atoms with E-state index in [0.29, 0.717) is 12.2 Å². The van der Waals surface area contributed by atoms with E-state index in [1.807, 2.05) is 29.2 Å². The van der Waals surface area contributed by atoms with Crippen molar-refractivity contribution in [1.82, 2.24) is 9.78 Å². The summed E-state index contributed by atoms with van der Waals surface area (Å²) in [6, 6.07) is 9.66. The van der Waals surface area contributed by atoms with Crippen molar-refractivity contribution in [1.29, 1.82) is 0 Å². The molecule has 0 unspecified atom stereocenters. The molecule has 98 valence electrons. The second-order valence-corrected chi connectivity index (χ2v) is 4.59. The third-order valence-corrected chi connectivity index (χ3v) is 3.35. The fourth-order valence-corrected chi connectivity index (χ4v) is 2.37. The first-order chi connectivity index (χ1) is 9.27. The van der Waals surface area contributed by atoms with Crippen LogP contribution in [0.4, 0.5) is 11.4 Å². The summed E-state index contributed by atoms with van der Waals surface area (Å²) in [5.41, 5.74) is 2.55. The van der Waals surface area contributed by atoms with Crippen LogP contribution in [0, 0.1) is 0 Å². The number of aromatic nitrogens is 2. The molecule has 2 heterocycles. The Bertz CT molecular complexity index is 605. The van der Waals surface area contributed by atoms with Crippen LogP contribution in [0.25, 0.3) is 0 Å². The lowest BCUT2D eigenvalue weighted by Gasteiger charge is -2.22. The molecular formula is C14H16N4O. The maximum atomic E-state index is 12.6. The van der Waals surface area contributed by atoms with Gasteiger partial charge in [0.15, 0.2) is 0 Å². The number of carbonyl (C=O) groups excluding carboxylic acids is 1. The monoisotopic (exact) mass is 256 g/mol. The zero-order chi connectivity index (χ0) is 13.2. The molecule has 0 atom stereocenters. The third-order valence-electron chi connectivity index (χ3n) is 3.35. The Morgan fingerprint density at radius 2 is 2.16 bits per heavy atom. The van der Waals surface area contributed by atoms with Crippen molar-refractivity contribution in [3.63, 3.8) is 0 Å². The highest BCUT2D eigenvalue weighted by atomic mass is 16.2. The van der Waals surface area contributed by atoms with E-state index in [4.69, 9.17) is 0 Å². The Morgan fingerprint density at radius 1 is 1.32 bits per heavy atom. The number of carbonyl (C=O) groups is 1. The van der Waals surface area contributed by atoms with Crippen LogP contribution in [-0.4, -0.2) is 28.8 Å². The second kappa shape index (κ2) is 4.76. The van der Waals surface area contributed by atoms with Gasteiger partial charge in [-0.25, -0.2) is 0 Å². The first-order valence-electron chi connectivity index (χ1n) is 6.40. The number of fused-ring (bicyclic) bond motifs is 1. The van der Waals surface area contributed by atoms with Crippen molar-refractivity contribution in [3.05, 3.63) is 42.2 Å². The molecule has 3 rings (SSSR count). The van der Waals surface area contributed by atoms with Crippen molar-refractivity contribution in [2.24, 2.45) is 7.05 Å². The van der Waals surface area contributed by atoms with Crippen LogP contribution < -0.4 is 10.2 Å². The molecule has 1 amide bonds. The summed E-state index contributed by atoms with van der Waals surface area (Å²) in [6.07, 6.45) is 2.58. The third kappa shape index (κ3) is 2.07. The zero-order valence-electron chi connectivity index (χ0n) is 10.8. The fourth-order valence-electron chi connectivity index (χ4n) is 2.37. The molecule has 0 aliphatic carbocycles. The minimum absolute atomic E-state index is 0.00356. The maximum Gasteiger partial charge on any atom is 0.276 e. The Morgan fingerprint density at radius 3 is 2.95 bits per heavy atom. The van der Waals surface area contributed by atoms with E-state index >= 15 is 0 Å². The first kappa shape index (κ1) is 11.8. The van der Waals surface area contributed by atoms with E-state index in [0.717, 1.165) is 24.3 Å². The van der Waals surface area contributed by atoms with Crippen molar-refractivity contribution >= 4 is 17.3 Å². The largest absolute Gasteiger partial charge is 0.383 e. The molecule has 0 fully saturated rings. The quantitative estimate of drug-likeness (QED) is 0.847. The number of hydrogen-bond acceptors (Lipinski definition) is 3. The van der Waals surface area contributed by atoms with Gasteiger partial charge in [-0.1, -0.05) is 12.1 Å². The summed E-state index contributed by atoms with van der Waals surface area (Å²) < 4.78 is 1.61. The second-order valence-electron chi connectivity index (χ2n) is 4.59. The number of aryl methyl sites for hydroxylation is 1. The number of benzene rings is 1. The predicted molar refractivity (Wildman–Crippen MR) is 74.4 cm³/mol. The summed E-state index contributed by atoms with van der Waals surface area (Å²) in [6.45, 7) is 1.60. The van der Waals surface area contributed by atoms with Crippen LogP contribution in [0.5, 0.6) is 0 Å². The van der Waals surface area contributed by atoms with Gasteiger partial charge in [-0.05, 0) is 24.6 Å². The molecular weight excluding hydrogens is 240 g/mol. The van der Waals surface area contributed by atoms with Gasteiger partial charge in [-0.2, -0.15) is 5.10 Å². The molecule has 0 saturated heterocycles. The lowest BCUT2D eigenvalue weighted by Crippen LogP contribution is -2.32. The molecule has 5 nitrogen and oxygen atoms in total. The SMILES string of the molecule is Cn1nccc1C(=O)N1CCCNc2ccccc21. The summed E-state index contributed by atoms with van der Waals surface area (Å²) in [7, 11) is 1.79. The number of para-hydroxylation sites is 2. The fraction of sp³-hybridized carbons (Fsp3) is 0.286. The van der Waals surface area contributed by atoms with Crippen LogP contribution in [-0.2, 0) is 7.05 Å². The standard InChI is InChI=1S/C14H16N4O/c1-17-13(7-9-16-17)14(19)18-10-4-8-15-11-5-2-3-6-12(11)18/h2-3,5-7,9,15H,4,8,10H2,1H3. The summed E-state index contributed by atoms with van der Waals surface area (Å²) >= 11 is 0. The highest BCUT2D eigenvalue weighted by Gasteiger charge is 2.23. The molecule has 1 aliphatic heterocycles. The van der Waals surface area contributed by atoms with E-state index in [1.165, 1.54) is 0 Å². The number of amides is 1. The summed E-state index contributed by atoms with van der Waals surface area (Å²) in [5.74, 6) is -0.00356. The van der Waals surface area contributed by atoms with Gasteiger partial charge in [0.1, 0.15) is 5.69 Å². The van der Waals surface area contributed by atoms with Gasteiger partial charge < -0.3 is 10.2 Å². The summed E-state index contributed by atoms with van der Waals surface area (Å²) in [4.78, 5) is 14.5. The van der Waals surface area contributed by atoms with Gasteiger partial charge in [0, 0.05) is 26.3 Å². The van der Waals surface area contributed by atoms with E-state index in [1.54, 1.807) is 24.0 Å². The van der Waals surface area contributed by atoms with Crippen LogP contribution in [0.1, 0.15) is 16.9 Å². The molecule has 1 aromatic carbocycles. The van der Waals surface area contributed by atoms with E-state index in [-0.39, 0.29) is 5.91 Å². The zero-order valence-corrected chi connectivity index (χ0v) is 10.8. The minimum Gasteiger partial charge on any atom is -0.383 e. The van der Waals surface area contributed by atoms with Gasteiger partial charge >= 0.3 is 0 Å². The van der Waals surface area contributed by atoms with E-state index in [2.05, 4.69) is 10.4 Å². The molecule has 2 aromatic rings. The number of hydrogen-bond donors (Lipinski definition) is 1. The maximum absolute atomic E-state index is 12.6. The average Bonchev–Trinajstić information content (AvgIpc) is 2.74. The highest BCUT2D eigenvalue weighted by Crippen LogP contribution is 2.29. The Balaban J connectivity index is 2.01. The number of anilines is 2. The minimum atomic E-state index is -0.00356. The molecule has 1 aliphatic rings. The molecule has 1 N–H and O–H groups in total. The van der Waals surface area contributed by atoms with Crippen LogP contribution in [0.2, 0.25) is 0 Å². The lowest BCUT2D eigenvalue weighted by molar-refractivity contribution is 0.0978. The predicted octanol–water partition coefficient (Wildman–Crippen LogP) is 1.88. The van der Waals surface area contributed by atoms with Gasteiger partial charge in [-0.15, -0.1) is 0 Å². The van der Waals surface area contributed by atoms with Crippen molar-refractivity contribution in [3.8, 4) is 0 Å². The Labute approximate surface area is 111 Å². The highest BCUT2D eigenvalue weighted by molar-refractivity contribution is 6.06. The van der Waals surface area contributed by atoms with Crippen LogP contribution in [0.3, 0.4) is 0 Å². The first-order valence-corrected chi connectivity index (χ1v) is 6.40. The molecule has 0 bridgehead atoms. The smallest absolute Gasteiger partial charge is 0.276 e. The molecule has 5 heteroatoms. The topological polar surface area (TPSA) is 50.2 Å². The van der Waals surface area contributed by atoms with Crippen molar-refractivity contribution in [2.45, 2.75) is 6.42 Å². The lowest BCUT2D eigenvalue weighted by atomic mass is 10.2. The molecule has 0 spiro atoms. The Kier molecular flexibility index (Phi) is 2.95. The summed E-state index contributed by atoms with van der Waals surface area (Å²) in [5, 5.41) is 7.42. The van der Waals surface area contributed by atoms with E-state index in [9.17, 15) is 4.79 Å². The van der Waals surface area contributed by atoms with Crippen LogP contribution >= 0.6 is 0 Å².